The average Bonchev–Trinajstić information content (AvgIpc) is 2.47. The van der Waals surface area contributed by atoms with Crippen LogP contribution in [-0.2, 0) is 0 Å². The Balaban J connectivity index is 2.92. The van der Waals surface area contributed by atoms with E-state index < -0.39 is 17.4 Å². The molecule has 0 aromatic carbocycles. The van der Waals surface area contributed by atoms with Crippen molar-refractivity contribution in [3.05, 3.63) is 23.7 Å². The Morgan fingerprint density at radius 3 is 2.47 bits per heavy atom. The third-order valence-electron chi connectivity index (χ3n) is 1.59. The molecule has 0 spiro atoms. The van der Waals surface area contributed by atoms with Crippen molar-refractivity contribution >= 4 is 11.9 Å². The van der Waals surface area contributed by atoms with E-state index in [4.69, 9.17) is 9.52 Å². The van der Waals surface area contributed by atoms with Gasteiger partial charge in [-0.1, -0.05) is 0 Å². The van der Waals surface area contributed by atoms with E-state index in [1.165, 1.54) is 12.3 Å². The van der Waals surface area contributed by atoms with E-state index in [0.717, 1.165) is 0 Å². The molecule has 0 aliphatic carbocycles. The standard InChI is InChI=1S/C10H13NO4/c1-10(2,3)11-8(12)7-6(9(13)14)4-5-15-7/h4-5H,1-3H3,(H,11,12)(H,13,14). The van der Waals surface area contributed by atoms with Gasteiger partial charge in [0.2, 0.25) is 5.76 Å². The van der Waals surface area contributed by atoms with Gasteiger partial charge in [-0.2, -0.15) is 0 Å². The van der Waals surface area contributed by atoms with Gasteiger partial charge in [0.15, 0.2) is 0 Å². The van der Waals surface area contributed by atoms with Gasteiger partial charge in [0, 0.05) is 5.54 Å². The Morgan fingerprint density at radius 1 is 1.40 bits per heavy atom. The summed E-state index contributed by atoms with van der Waals surface area (Å²) in [6.07, 6.45) is 1.18. The molecule has 0 saturated carbocycles. The number of furan rings is 1. The first-order chi connectivity index (χ1) is 6.81. The SMILES string of the molecule is CC(C)(C)NC(=O)c1occc1C(=O)O. The van der Waals surface area contributed by atoms with Crippen molar-refractivity contribution in [1.82, 2.24) is 5.32 Å². The Labute approximate surface area is 87.1 Å². The van der Waals surface area contributed by atoms with Gasteiger partial charge in [-0.15, -0.1) is 0 Å². The molecule has 0 saturated heterocycles. The summed E-state index contributed by atoms with van der Waals surface area (Å²) in [5, 5.41) is 11.4. The molecule has 0 aliphatic rings. The second-order valence-electron chi connectivity index (χ2n) is 4.17. The predicted molar refractivity (Wildman–Crippen MR) is 52.9 cm³/mol. The zero-order valence-electron chi connectivity index (χ0n) is 8.83. The van der Waals surface area contributed by atoms with E-state index in [0.29, 0.717) is 0 Å². The second-order valence-corrected chi connectivity index (χ2v) is 4.17. The summed E-state index contributed by atoms with van der Waals surface area (Å²) in [6.45, 7) is 5.40. The van der Waals surface area contributed by atoms with Crippen LogP contribution in [0.2, 0.25) is 0 Å². The lowest BCUT2D eigenvalue weighted by atomic mass is 10.1. The maximum absolute atomic E-state index is 11.6. The zero-order chi connectivity index (χ0) is 11.6. The van der Waals surface area contributed by atoms with Crippen LogP contribution in [0, 0.1) is 0 Å². The number of amides is 1. The minimum Gasteiger partial charge on any atom is -0.478 e. The summed E-state index contributed by atoms with van der Waals surface area (Å²) in [4.78, 5) is 22.3. The number of rotatable bonds is 2. The topological polar surface area (TPSA) is 79.5 Å². The van der Waals surface area contributed by atoms with Gasteiger partial charge < -0.3 is 14.8 Å². The van der Waals surface area contributed by atoms with Crippen LogP contribution in [0.15, 0.2) is 16.7 Å². The fourth-order valence-corrected chi connectivity index (χ4v) is 1.05. The predicted octanol–water partition coefficient (Wildman–Crippen LogP) is 1.51. The summed E-state index contributed by atoms with van der Waals surface area (Å²) >= 11 is 0. The monoisotopic (exact) mass is 211 g/mol. The molecule has 1 rings (SSSR count). The van der Waals surface area contributed by atoms with E-state index >= 15 is 0 Å². The number of carboxylic acid groups (broad SMARTS) is 1. The Kier molecular flexibility index (Phi) is 2.83. The Morgan fingerprint density at radius 2 is 2.00 bits per heavy atom. The molecule has 15 heavy (non-hydrogen) atoms. The molecule has 1 heterocycles. The number of nitrogens with one attached hydrogen (secondary N) is 1. The van der Waals surface area contributed by atoms with Crippen LogP contribution < -0.4 is 5.32 Å². The molecule has 0 aliphatic heterocycles. The molecular weight excluding hydrogens is 198 g/mol. The van der Waals surface area contributed by atoms with Crippen molar-refractivity contribution in [2.45, 2.75) is 26.3 Å². The first-order valence-corrected chi connectivity index (χ1v) is 4.44. The smallest absolute Gasteiger partial charge is 0.339 e. The highest BCUT2D eigenvalue weighted by atomic mass is 16.4. The van der Waals surface area contributed by atoms with Crippen LogP contribution in [0.3, 0.4) is 0 Å². The van der Waals surface area contributed by atoms with E-state index in [1.54, 1.807) is 20.8 Å². The minimum atomic E-state index is -1.18. The lowest BCUT2D eigenvalue weighted by Gasteiger charge is -2.19. The van der Waals surface area contributed by atoms with Crippen LogP contribution in [0.25, 0.3) is 0 Å². The normalized spacial score (nSPS) is 11.1. The van der Waals surface area contributed by atoms with Gasteiger partial charge in [0.25, 0.3) is 5.91 Å². The van der Waals surface area contributed by atoms with Crippen molar-refractivity contribution in [3.8, 4) is 0 Å². The van der Waals surface area contributed by atoms with Crippen molar-refractivity contribution in [2.24, 2.45) is 0 Å². The van der Waals surface area contributed by atoms with Crippen LogP contribution in [0.1, 0.15) is 41.7 Å². The van der Waals surface area contributed by atoms with Crippen LogP contribution in [0.4, 0.5) is 0 Å². The molecule has 2 N–H and O–H groups in total. The lowest BCUT2D eigenvalue weighted by molar-refractivity contribution is 0.0686. The molecule has 1 amide bonds. The molecule has 0 bridgehead atoms. The van der Waals surface area contributed by atoms with Gasteiger partial charge in [-0.3, -0.25) is 4.79 Å². The number of hydrogen-bond donors (Lipinski definition) is 2. The highest BCUT2D eigenvalue weighted by molar-refractivity contribution is 6.02. The van der Waals surface area contributed by atoms with Crippen LogP contribution in [0.5, 0.6) is 0 Å². The molecule has 82 valence electrons. The fraction of sp³-hybridized carbons (Fsp3) is 0.400. The van der Waals surface area contributed by atoms with Crippen LogP contribution >= 0.6 is 0 Å². The first kappa shape index (κ1) is 11.3. The number of carbonyl (C=O) groups is 2. The van der Waals surface area contributed by atoms with Gasteiger partial charge in [0.1, 0.15) is 5.56 Å². The molecule has 1 aromatic heterocycles. The van der Waals surface area contributed by atoms with E-state index in [1.807, 2.05) is 0 Å². The highest BCUT2D eigenvalue weighted by Crippen LogP contribution is 2.12. The molecular formula is C10H13NO4. The van der Waals surface area contributed by atoms with E-state index in [-0.39, 0.29) is 11.3 Å². The summed E-state index contributed by atoms with van der Waals surface area (Å²) in [6, 6.07) is 1.25. The maximum Gasteiger partial charge on any atom is 0.339 e. The molecule has 5 nitrogen and oxygen atoms in total. The van der Waals surface area contributed by atoms with Crippen molar-refractivity contribution in [1.29, 1.82) is 0 Å². The number of carbonyl (C=O) groups excluding carboxylic acids is 1. The first-order valence-electron chi connectivity index (χ1n) is 4.44. The van der Waals surface area contributed by atoms with Gasteiger partial charge in [-0.25, -0.2) is 4.79 Å². The largest absolute Gasteiger partial charge is 0.478 e. The van der Waals surface area contributed by atoms with Gasteiger partial charge >= 0.3 is 5.97 Å². The summed E-state index contributed by atoms with van der Waals surface area (Å²) in [7, 11) is 0. The molecule has 0 fully saturated rings. The Bertz CT molecular complexity index is 386. The third kappa shape index (κ3) is 2.83. The quantitative estimate of drug-likeness (QED) is 0.777. The second kappa shape index (κ2) is 3.76. The molecule has 5 heteroatoms. The molecule has 0 atom stereocenters. The van der Waals surface area contributed by atoms with Crippen molar-refractivity contribution < 1.29 is 19.1 Å². The summed E-state index contributed by atoms with van der Waals surface area (Å²) in [5.74, 6) is -1.87. The summed E-state index contributed by atoms with van der Waals surface area (Å²) < 4.78 is 4.84. The summed E-state index contributed by atoms with van der Waals surface area (Å²) in [5.41, 5.74) is -0.559. The number of aromatic carboxylic acids is 1. The van der Waals surface area contributed by atoms with Gasteiger partial charge in [-0.05, 0) is 26.8 Å². The van der Waals surface area contributed by atoms with E-state index in [9.17, 15) is 9.59 Å². The highest BCUT2D eigenvalue weighted by Gasteiger charge is 2.23. The number of carboxylic acids is 1. The van der Waals surface area contributed by atoms with Crippen LogP contribution in [-0.4, -0.2) is 22.5 Å². The maximum atomic E-state index is 11.6. The zero-order valence-corrected chi connectivity index (χ0v) is 8.83. The third-order valence-corrected chi connectivity index (χ3v) is 1.59. The number of hydrogen-bond acceptors (Lipinski definition) is 3. The van der Waals surface area contributed by atoms with Gasteiger partial charge in [0.05, 0.1) is 6.26 Å². The van der Waals surface area contributed by atoms with Crippen molar-refractivity contribution in [3.63, 3.8) is 0 Å². The lowest BCUT2D eigenvalue weighted by Crippen LogP contribution is -2.40. The fourth-order valence-electron chi connectivity index (χ4n) is 1.05. The minimum absolute atomic E-state index is 0.128. The van der Waals surface area contributed by atoms with Crippen molar-refractivity contribution in [2.75, 3.05) is 0 Å². The average molecular weight is 211 g/mol. The Hall–Kier alpha value is -1.78. The molecule has 1 aromatic rings. The van der Waals surface area contributed by atoms with E-state index in [2.05, 4.69) is 5.32 Å². The molecule has 0 unspecified atom stereocenters. The molecule has 0 radical (unpaired) electrons.